The van der Waals surface area contributed by atoms with Gasteiger partial charge in [0.25, 0.3) is 5.91 Å². The number of hydrogen-bond acceptors (Lipinski definition) is 5. The van der Waals surface area contributed by atoms with Crippen LogP contribution in [0.5, 0.6) is 0 Å². The maximum absolute atomic E-state index is 11.9. The van der Waals surface area contributed by atoms with Crippen LogP contribution in [0.2, 0.25) is 0 Å². The molecule has 6 heteroatoms. The van der Waals surface area contributed by atoms with Gasteiger partial charge in [0.05, 0.1) is 0 Å². The molecule has 0 aromatic carbocycles. The first kappa shape index (κ1) is 15.4. The molecule has 1 heterocycles. The third-order valence-corrected chi connectivity index (χ3v) is 2.22. The van der Waals surface area contributed by atoms with Crippen molar-refractivity contribution in [3.8, 4) is 0 Å². The molecule has 0 unspecified atom stereocenters. The molecule has 6 nitrogen and oxygen atoms in total. The Morgan fingerprint density at radius 2 is 2.05 bits per heavy atom. The standard InChI is InChI=1S/C13H23N5O/c1-13(2,3)17-12-15-7-6-10(16-12)11(19)14-8-9-18(4)5/h6-7H,8-9H2,1-5H3,(H,14,19)(H,15,16,17). The molecule has 0 fully saturated rings. The van der Waals surface area contributed by atoms with Gasteiger partial charge in [-0.3, -0.25) is 4.79 Å². The summed E-state index contributed by atoms with van der Waals surface area (Å²) in [5, 5.41) is 5.96. The van der Waals surface area contributed by atoms with Gasteiger partial charge in [0.2, 0.25) is 5.95 Å². The number of amides is 1. The van der Waals surface area contributed by atoms with E-state index in [-0.39, 0.29) is 11.4 Å². The summed E-state index contributed by atoms with van der Waals surface area (Å²) in [6, 6.07) is 1.61. The highest BCUT2D eigenvalue weighted by atomic mass is 16.1. The highest BCUT2D eigenvalue weighted by Gasteiger charge is 2.13. The summed E-state index contributed by atoms with van der Waals surface area (Å²) in [6.45, 7) is 7.43. The Labute approximate surface area is 114 Å². The zero-order valence-corrected chi connectivity index (χ0v) is 12.3. The molecule has 0 aliphatic heterocycles. The van der Waals surface area contributed by atoms with Gasteiger partial charge >= 0.3 is 0 Å². The number of nitrogens with zero attached hydrogens (tertiary/aromatic N) is 3. The van der Waals surface area contributed by atoms with Crippen molar-refractivity contribution in [1.82, 2.24) is 20.2 Å². The van der Waals surface area contributed by atoms with Crippen molar-refractivity contribution >= 4 is 11.9 Å². The summed E-state index contributed by atoms with van der Waals surface area (Å²) in [7, 11) is 3.92. The number of rotatable bonds is 5. The van der Waals surface area contributed by atoms with Crippen LogP contribution in [0.15, 0.2) is 12.3 Å². The predicted octanol–water partition coefficient (Wildman–Crippen LogP) is 0.978. The van der Waals surface area contributed by atoms with E-state index in [4.69, 9.17) is 0 Å². The van der Waals surface area contributed by atoms with Crippen molar-refractivity contribution in [2.24, 2.45) is 0 Å². The molecule has 0 saturated heterocycles. The fourth-order valence-corrected chi connectivity index (χ4v) is 1.36. The number of aromatic nitrogens is 2. The van der Waals surface area contributed by atoms with E-state index in [0.717, 1.165) is 6.54 Å². The molecule has 1 rings (SSSR count). The van der Waals surface area contributed by atoms with Gasteiger partial charge in [-0.1, -0.05) is 0 Å². The molecule has 0 aliphatic rings. The van der Waals surface area contributed by atoms with E-state index < -0.39 is 0 Å². The fraction of sp³-hybridized carbons (Fsp3) is 0.615. The van der Waals surface area contributed by atoms with Gasteiger partial charge in [-0.2, -0.15) is 0 Å². The summed E-state index contributed by atoms with van der Waals surface area (Å²) in [5.41, 5.74) is 0.237. The van der Waals surface area contributed by atoms with E-state index in [1.165, 1.54) is 0 Å². The Hall–Kier alpha value is -1.69. The number of carbonyl (C=O) groups excluding carboxylic acids is 1. The lowest BCUT2D eigenvalue weighted by Crippen LogP contribution is -2.32. The number of anilines is 1. The first-order valence-electron chi connectivity index (χ1n) is 6.32. The molecule has 106 valence electrons. The zero-order valence-electron chi connectivity index (χ0n) is 12.3. The smallest absolute Gasteiger partial charge is 0.270 e. The second kappa shape index (κ2) is 6.47. The van der Waals surface area contributed by atoms with Gasteiger partial charge in [0.1, 0.15) is 5.69 Å². The summed E-state index contributed by atoms with van der Waals surface area (Å²) in [6.07, 6.45) is 1.59. The van der Waals surface area contributed by atoms with Gasteiger partial charge in [-0.05, 0) is 40.9 Å². The molecule has 2 N–H and O–H groups in total. The van der Waals surface area contributed by atoms with Gasteiger partial charge in [-0.15, -0.1) is 0 Å². The molecular weight excluding hydrogens is 242 g/mol. The average Bonchev–Trinajstić information content (AvgIpc) is 2.26. The summed E-state index contributed by atoms with van der Waals surface area (Å²) in [5.74, 6) is 0.286. The van der Waals surface area contributed by atoms with Crippen LogP contribution in [0.4, 0.5) is 5.95 Å². The Bertz CT molecular complexity index is 425. The summed E-state index contributed by atoms with van der Waals surface area (Å²) in [4.78, 5) is 22.2. The summed E-state index contributed by atoms with van der Waals surface area (Å²) >= 11 is 0. The highest BCUT2D eigenvalue weighted by Crippen LogP contribution is 2.09. The minimum Gasteiger partial charge on any atom is -0.350 e. The van der Waals surface area contributed by atoms with Crippen molar-refractivity contribution in [2.45, 2.75) is 26.3 Å². The third-order valence-electron chi connectivity index (χ3n) is 2.22. The van der Waals surface area contributed by atoms with Crippen molar-refractivity contribution in [1.29, 1.82) is 0 Å². The molecule has 1 amide bonds. The largest absolute Gasteiger partial charge is 0.350 e. The Balaban J connectivity index is 2.63. The van der Waals surface area contributed by atoms with Gasteiger partial charge in [0, 0.05) is 24.8 Å². The van der Waals surface area contributed by atoms with Gasteiger partial charge in [0.15, 0.2) is 0 Å². The van der Waals surface area contributed by atoms with Crippen LogP contribution in [0.1, 0.15) is 31.3 Å². The SMILES string of the molecule is CN(C)CCNC(=O)c1ccnc(NC(C)(C)C)n1. The average molecular weight is 265 g/mol. The number of nitrogens with one attached hydrogen (secondary N) is 2. The summed E-state index contributed by atoms with van der Waals surface area (Å²) < 4.78 is 0. The Morgan fingerprint density at radius 1 is 1.37 bits per heavy atom. The molecule has 0 radical (unpaired) electrons. The molecule has 0 atom stereocenters. The van der Waals surface area contributed by atoms with Crippen molar-refractivity contribution in [2.75, 3.05) is 32.5 Å². The van der Waals surface area contributed by atoms with Gasteiger partial charge in [-0.25, -0.2) is 9.97 Å². The monoisotopic (exact) mass is 265 g/mol. The van der Waals surface area contributed by atoms with E-state index in [0.29, 0.717) is 18.2 Å². The van der Waals surface area contributed by atoms with Crippen LogP contribution in [0, 0.1) is 0 Å². The maximum atomic E-state index is 11.9. The molecule has 19 heavy (non-hydrogen) atoms. The molecule has 0 bridgehead atoms. The highest BCUT2D eigenvalue weighted by molar-refractivity contribution is 5.92. The lowest BCUT2D eigenvalue weighted by Gasteiger charge is -2.20. The van der Waals surface area contributed by atoms with Crippen molar-refractivity contribution in [3.05, 3.63) is 18.0 Å². The lowest BCUT2D eigenvalue weighted by molar-refractivity contribution is 0.0946. The van der Waals surface area contributed by atoms with Crippen molar-refractivity contribution < 1.29 is 4.79 Å². The minimum atomic E-state index is -0.179. The predicted molar refractivity (Wildman–Crippen MR) is 76.3 cm³/mol. The number of carbonyl (C=O) groups is 1. The first-order chi connectivity index (χ1) is 8.78. The van der Waals surface area contributed by atoms with E-state index in [1.807, 2.05) is 39.8 Å². The van der Waals surface area contributed by atoms with Crippen LogP contribution in [-0.2, 0) is 0 Å². The van der Waals surface area contributed by atoms with Crippen LogP contribution >= 0.6 is 0 Å². The van der Waals surface area contributed by atoms with E-state index in [9.17, 15) is 4.79 Å². The maximum Gasteiger partial charge on any atom is 0.270 e. The minimum absolute atomic E-state index is 0.139. The number of hydrogen-bond donors (Lipinski definition) is 2. The Kier molecular flexibility index (Phi) is 5.23. The van der Waals surface area contributed by atoms with Gasteiger partial charge < -0.3 is 15.5 Å². The fourth-order valence-electron chi connectivity index (χ4n) is 1.36. The van der Waals surface area contributed by atoms with E-state index in [2.05, 4.69) is 20.6 Å². The van der Waals surface area contributed by atoms with Crippen LogP contribution < -0.4 is 10.6 Å². The number of likely N-dealkylation sites (N-methyl/N-ethyl adjacent to an activating group) is 1. The van der Waals surface area contributed by atoms with Crippen LogP contribution in [0.25, 0.3) is 0 Å². The van der Waals surface area contributed by atoms with Crippen LogP contribution in [0.3, 0.4) is 0 Å². The lowest BCUT2D eigenvalue weighted by atomic mass is 10.1. The topological polar surface area (TPSA) is 70.2 Å². The molecule has 1 aromatic rings. The zero-order chi connectivity index (χ0) is 14.5. The first-order valence-corrected chi connectivity index (χ1v) is 6.32. The molecule has 0 spiro atoms. The van der Waals surface area contributed by atoms with Crippen molar-refractivity contribution in [3.63, 3.8) is 0 Å². The van der Waals surface area contributed by atoms with E-state index >= 15 is 0 Å². The molecule has 0 saturated carbocycles. The Morgan fingerprint density at radius 3 is 2.63 bits per heavy atom. The second-order valence-electron chi connectivity index (χ2n) is 5.70. The van der Waals surface area contributed by atoms with Crippen LogP contribution in [-0.4, -0.2) is 53.5 Å². The quantitative estimate of drug-likeness (QED) is 0.830. The third kappa shape index (κ3) is 6.15. The molecule has 0 aliphatic carbocycles. The normalized spacial score (nSPS) is 11.5. The second-order valence-corrected chi connectivity index (χ2v) is 5.70. The van der Waals surface area contributed by atoms with E-state index in [1.54, 1.807) is 12.3 Å². The molecular formula is C13H23N5O. The molecule has 1 aromatic heterocycles.